The van der Waals surface area contributed by atoms with Crippen LogP contribution >= 0.6 is 0 Å². The van der Waals surface area contributed by atoms with E-state index in [1.54, 1.807) is 6.07 Å². The van der Waals surface area contributed by atoms with E-state index in [0.717, 1.165) is 16.3 Å². The number of carbonyl (C=O) groups is 1. The Bertz CT molecular complexity index is 835. The van der Waals surface area contributed by atoms with E-state index in [9.17, 15) is 9.18 Å². The van der Waals surface area contributed by atoms with Crippen molar-refractivity contribution >= 4 is 22.2 Å². The summed E-state index contributed by atoms with van der Waals surface area (Å²) >= 11 is 0. The summed E-state index contributed by atoms with van der Waals surface area (Å²) < 4.78 is 13.4. The van der Waals surface area contributed by atoms with E-state index in [-0.39, 0.29) is 17.0 Å². The fraction of sp³-hybridized carbons (Fsp3) is 0.0556. The number of fused-ring (bicyclic) bond motifs is 1. The first-order chi connectivity index (χ1) is 10.1. The number of halogens is 1. The fourth-order valence-electron chi connectivity index (χ4n) is 2.55. The van der Waals surface area contributed by atoms with Crippen molar-refractivity contribution in [1.29, 1.82) is 0 Å². The molecular weight excluding hydrogens is 265 g/mol. The second-order valence-corrected chi connectivity index (χ2v) is 5.08. The molecule has 0 aliphatic heterocycles. The van der Waals surface area contributed by atoms with E-state index < -0.39 is 5.82 Å². The molecule has 0 amide bonds. The highest BCUT2D eigenvalue weighted by Crippen LogP contribution is 2.25. The van der Waals surface area contributed by atoms with Crippen LogP contribution in [0.1, 0.15) is 21.5 Å². The lowest BCUT2D eigenvalue weighted by Gasteiger charge is -2.09. The summed E-state index contributed by atoms with van der Waals surface area (Å²) in [7, 11) is 0. The summed E-state index contributed by atoms with van der Waals surface area (Å²) in [6.07, 6.45) is 0. The summed E-state index contributed by atoms with van der Waals surface area (Å²) in [5, 5.41) is 1.89. The maximum absolute atomic E-state index is 13.4. The SMILES string of the molecule is Cc1ccc(C(=O)c2cc(N)cc(F)c2)c2ccccc12. The Kier molecular flexibility index (Phi) is 3.18. The van der Waals surface area contributed by atoms with E-state index in [4.69, 9.17) is 5.73 Å². The molecule has 0 spiro atoms. The predicted molar refractivity (Wildman–Crippen MR) is 82.9 cm³/mol. The molecule has 3 aromatic carbocycles. The molecule has 0 aromatic heterocycles. The maximum Gasteiger partial charge on any atom is 0.193 e. The van der Waals surface area contributed by atoms with Crippen LogP contribution in [0, 0.1) is 12.7 Å². The Labute approximate surface area is 122 Å². The van der Waals surface area contributed by atoms with Crippen LogP contribution in [0.15, 0.2) is 54.6 Å². The molecule has 0 saturated heterocycles. The van der Waals surface area contributed by atoms with Gasteiger partial charge in [-0.2, -0.15) is 0 Å². The number of hydrogen-bond donors (Lipinski definition) is 1. The van der Waals surface area contributed by atoms with Gasteiger partial charge in [-0.05, 0) is 41.5 Å². The first kappa shape index (κ1) is 13.3. The molecule has 0 unspecified atom stereocenters. The molecule has 0 saturated carbocycles. The second kappa shape index (κ2) is 5.02. The van der Waals surface area contributed by atoms with E-state index >= 15 is 0 Å². The van der Waals surface area contributed by atoms with Crippen molar-refractivity contribution < 1.29 is 9.18 Å². The topological polar surface area (TPSA) is 43.1 Å². The molecule has 104 valence electrons. The number of rotatable bonds is 2. The lowest BCUT2D eigenvalue weighted by molar-refractivity contribution is 0.104. The number of benzene rings is 3. The normalized spacial score (nSPS) is 10.8. The van der Waals surface area contributed by atoms with E-state index in [1.807, 2.05) is 37.3 Å². The minimum absolute atomic E-state index is 0.225. The summed E-state index contributed by atoms with van der Waals surface area (Å²) in [4.78, 5) is 12.7. The van der Waals surface area contributed by atoms with Gasteiger partial charge in [-0.3, -0.25) is 4.79 Å². The summed E-state index contributed by atoms with van der Waals surface area (Å²) in [5.41, 5.74) is 7.79. The maximum atomic E-state index is 13.4. The Balaban J connectivity index is 2.20. The monoisotopic (exact) mass is 279 g/mol. The summed E-state index contributed by atoms with van der Waals surface area (Å²) in [5.74, 6) is -0.729. The van der Waals surface area contributed by atoms with Gasteiger partial charge in [-0.1, -0.05) is 36.4 Å². The number of nitrogens with two attached hydrogens (primary N) is 1. The average molecular weight is 279 g/mol. The zero-order valence-corrected chi connectivity index (χ0v) is 11.6. The number of ketones is 1. The van der Waals surface area contributed by atoms with E-state index in [2.05, 4.69) is 0 Å². The van der Waals surface area contributed by atoms with Gasteiger partial charge in [0, 0.05) is 16.8 Å². The number of aryl methyl sites for hydroxylation is 1. The zero-order chi connectivity index (χ0) is 15.0. The lowest BCUT2D eigenvalue weighted by Crippen LogP contribution is -2.04. The third kappa shape index (κ3) is 2.38. The highest BCUT2D eigenvalue weighted by atomic mass is 19.1. The highest BCUT2D eigenvalue weighted by molar-refractivity contribution is 6.17. The van der Waals surface area contributed by atoms with Crippen LogP contribution in [0.5, 0.6) is 0 Å². The van der Waals surface area contributed by atoms with E-state index in [1.165, 1.54) is 18.2 Å². The molecule has 0 heterocycles. The standard InChI is InChI=1S/C18H14FNO/c1-11-6-7-17(16-5-3-2-4-15(11)16)18(21)12-8-13(19)10-14(20)9-12/h2-10H,20H2,1H3. The molecule has 0 radical (unpaired) electrons. The molecule has 3 rings (SSSR count). The number of hydrogen-bond acceptors (Lipinski definition) is 2. The average Bonchev–Trinajstić information content (AvgIpc) is 2.46. The molecule has 0 aliphatic rings. The van der Waals surface area contributed by atoms with Crippen molar-refractivity contribution in [2.75, 3.05) is 5.73 Å². The van der Waals surface area contributed by atoms with Crippen LogP contribution in [0.3, 0.4) is 0 Å². The van der Waals surface area contributed by atoms with Gasteiger partial charge in [0.15, 0.2) is 5.78 Å². The van der Waals surface area contributed by atoms with Crippen LogP contribution in [0.25, 0.3) is 10.8 Å². The van der Waals surface area contributed by atoms with Crippen molar-refractivity contribution in [3.8, 4) is 0 Å². The largest absolute Gasteiger partial charge is 0.399 e. The molecule has 2 N–H and O–H groups in total. The Hall–Kier alpha value is -2.68. The lowest BCUT2D eigenvalue weighted by atomic mass is 9.94. The van der Waals surface area contributed by atoms with Crippen LogP contribution in [-0.4, -0.2) is 5.78 Å². The van der Waals surface area contributed by atoms with Gasteiger partial charge in [0.2, 0.25) is 0 Å². The molecule has 3 heteroatoms. The summed E-state index contributed by atoms with van der Waals surface area (Å²) in [6, 6.07) is 15.3. The van der Waals surface area contributed by atoms with Crippen LogP contribution in [-0.2, 0) is 0 Å². The quantitative estimate of drug-likeness (QED) is 0.567. The number of nitrogen functional groups attached to an aromatic ring is 1. The molecule has 0 aliphatic carbocycles. The Morgan fingerprint density at radius 3 is 2.43 bits per heavy atom. The van der Waals surface area contributed by atoms with Gasteiger partial charge in [0.1, 0.15) is 5.82 Å². The zero-order valence-electron chi connectivity index (χ0n) is 11.6. The van der Waals surface area contributed by atoms with Crippen molar-refractivity contribution in [3.63, 3.8) is 0 Å². The van der Waals surface area contributed by atoms with Gasteiger partial charge < -0.3 is 5.73 Å². The molecule has 21 heavy (non-hydrogen) atoms. The van der Waals surface area contributed by atoms with Gasteiger partial charge in [-0.25, -0.2) is 4.39 Å². The number of carbonyl (C=O) groups excluding carboxylic acids is 1. The van der Waals surface area contributed by atoms with Crippen LogP contribution in [0.2, 0.25) is 0 Å². The van der Waals surface area contributed by atoms with Crippen molar-refractivity contribution in [3.05, 3.63) is 77.1 Å². The molecule has 0 bridgehead atoms. The van der Waals surface area contributed by atoms with Crippen molar-refractivity contribution in [2.45, 2.75) is 6.92 Å². The van der Waals surface area contributed by atoms with E-state index in [0.29, 0.717) is 5.56 Å². The third-order valence-corrected chi connectivity index (χ3v) is 3.57. The first-order valence-electron chi connectivity index (χ1n) is 6.65. The third-order valence-electron chi connectivity index (χ3n) is 3.57. The second-order valence-electron chi connectivity index (χ2n) is 5.08. The van der Waals surface area contributed by atoms with Gasteiger partial charge in [0.25, 0.3) is 0 Å². The molecule has 2 nitrogen and oxygen atoms in total. The summed E-state index contributed by atoms with van der Waals surface area (Å²) in [6.45, 7) is 2.00. The molecule has 3 aromatic rings. The molecular formula is C18H14FNO. The van der Waals surface area contributed by atoms with Crippen molar-refractivity contribution in [2.24, 2.45) is 0 Å². The number of anilines is 1. The Morgan fingerprint density at radius 2 is 1.71 bits per heavy atom. The minimum Gasteiger partial charge on any atom is -0.399 e. The highest BCUT2D eigenvalue weighted by Gasteiger charge is 2.14. The van der Waals surface area contributed by atoms with Gasteiger partial charge >= 0.3 is 0 Å². The van der Waals surface area contributed by atoms with Crippen LogP contribution in [0.4, 0.5) is 10.1 Å². The predicted octanol–water partition coefficient (Wildman–Crippen LogP) is 4.10. The van der Waals surface area contributed by atoms with Gasteiger partial charge in [0.05, 0.1) is 0 Å². The molecule has 0 fully saturated rings. The Morgan fingerprint density at radius 1 is 1.00 bits per heavy atom. The van der Waals surface area contributed by atoms with Crippen molar-refractivity contribution in [1.82, 2.24) is 0 Å². The van der Waals surface area contributed by atoms with Crippen LogP contribution < -0.4 is 5.73 Å². The first-order valence-corrected chi connectivity index (χ1v) is 6.65. The molecule has 0 atom stereocenters. The minimum atomic E-state index is -0.505. The van der Waals surface area contributed by atoms with Gasteiger partial charge in [-0.15, -0.1) is 0 Å². The smallest absolute Gasteiger partial charge is 0.193 e. The fourth-order valence-corrected chi connectivity index (χ4v) is 2.55.